The first kappa shape index (κ1) is 18.2. The monoisotopic (exact) mass is 366 g/mol. The third-order valence-electron chi connectivity index (χ3n) is 3.77. The SMILES string of the molecule is CCOC(=O)c1cccc(NC(=O)c2ncoc2-c2ccc(OC)cc2)c1. The van der Waals surface area contributed by atoms with Crippen molar-refractivity contribution in [2.75, 3.05) is 19.0 Å². The van der Waals surface area contributed by atoms with Gasteiger partial charge in [-0.3, -0.25) is 4.79 Å². The van der Waals surface area contributed by atoms with E-state index in [9.17, 15) is 9.59 Å². The number of oxazole rings is 1. The first-order chi connectivity index (χ1) is 13.1. The summed E-state index contributed by atoms with van der Waals surface area (Å²) in [4.78, 5) is 28.5. The van der Waals surface area contributed by atoms with Crippen LogP contribution in [0.3, 0.4) is 0 Å². The summed E-state index contributed by atoms with van der Waals surface area (Å²) in [6.45, 7) is 2.01. The van der Waals surface area contributed by atoms with Crippen LogP contribution in [0.15, 0.2) is 59.3 Å². The van der Waals surface area contributed by atoms with Gasteiger partial charge >= 0.3 is 5.97 Å². The van der Waals surface area contributed by atoms with E-state index in [1.54, 1.807) is 62.6 Å². The first-order valence-electron chi connectivity index (χ1n) is 8.28. The van der Waals surface area contributed by atoms with E-state index in [1.165, 1.54) is 6.39 Å². The molecule has 1 amide bonds. The molecule has 3 rings (SSSR count). The van der Waals surface area contributed by atoms with Crippen molar-refractivity contribution < 1.29 is 23.5 Å². The smallest absolute Gasteiger partial charge is 0.338 e. The number of benzene rings is 2. The Hall–Kier alpha value is -3.61. The van der Waals surface area contributed by atoms with Crippen molar-refractivity contribution in [1.82, 2.24) is 4.98 Å². The Kier molecular flexibility index (Phi) is 5.51. The van der Waals surface area contributed by atoms with E-state index < -0.39 is 11.9 Å². The van der Waals surface area contributed by atoms with Crippen LogP contribution in [0.4, 0.5) is 5.69 Å². The number of ether oxygens (including phenoxy) is 2. The topological polar surface area (TPSA) is 90.7 Å². The third-order valence-corrected chi connectivity index (χ3v) is 3.77. The van der Waals surface area contributed by atoms with Crippen molar-refractivity contribution in [3.63, 3.8) is 0 Å². The molecule has 7 nitrogen and oxygen atoms in total. The van der Waals surface area contributed by atoms with Crippen LogP contribution in [0.1, 0.15) is 27.8 Å². The normalized spacial score (nSPS) is 10.3. The average molecular weight is 366 g/mol. The molecule has 2 aromatic carbocycles. The summed E-state index contributed by atoms with van der Waals surface area (Å²) >= 11 is 0. The standard InChI is InChI=1S/C20H18N2O5/c1-3-26-20(24)14-5-4-6-15(11-14)22-19(23)17-18(27-12-21-17)13-7-9-16(25-2)10-8-13/h4-12H,3H2,1-2H3,(H,22,23). The minimum atomic E-state index is -0.450. The lowest BCUT2D eigenvalue weighted by Crippen LogP contribution is -2.14. The predicted molar refractivity (Wildman–Crippen MR) is 98.8 cm³/mol. The van der Waals surface area contributed by atoms with Crippen LogP contribution in [0.25, 0.3) is 11.3 Å². The molecule has 0 bridgehead atoms. The van der Waals surface area contributed by atoms with Gasteiger partial charge in [0, 0.05) is 11.3 Å². The van der Waals surface area contributed by atoms with Crippen molar-refractivity contribution in [2.24, 2.45) is 0 Å². The third kappa shape index (κ3) is 4.14. The molecule has 1 aromatic heterocycles. The molecular formula is C20H18N2O5. The maximum Gasteiger partial charge on any atom is 0.338 e. The summed E-state index contributed by atoms with van der Waals surface area (Å²) in [5.74, 6) is 0.140. The van der Waals surface area contributed by atoms with Crippen LogP contribution in [-0.4, -0.2) is 30.6 Å². The number of rotatable bonds is 6. The lowest BCUT2D eigenvalue weighted by atomic mass is 10.1. The van der Waals surface area contributed by atoms with Gasteiger partial charge in [-0.2, -0.15) is 0 Å². The summed E-state index contributed by atoms with van der Waals surface area (Å²) in [6.07, 6.45) is 1.21. The van der Waals surface area contributed by atoms with Crippen LogP contribution in [0.5, 0.6) is 5.75 Å². The number of carbonyl (C=O) groups is 2. The molecule has 0 atom stereocenters. The fourth-order valence-electron chi connectivity index (χ4n) is 2.48. The molecule has 27 heavy (non-hydrogen) atoms. The molecule has 1 heterocycles. The average Bonchev–Trinajstić information content (AvgIpc) is 3.18. The Morgan fingerprint density at radius 3 is 2.63 bits per heavy atom. The van der Waals surface area contributed by atoms with Gasteiger partial charge < -0.3 is 19.2 Å². The van der Waals surface area contributed by atoms with Crippen LogP contribution in [0.2, 0.25) is 0 Å². The summed E-state index contributed by atoms with van der Waals surface area (Å²) in [5.41, 5.74) is 1.64. The Bertz CT molecular complexity index is 947. The van der Waals surface area contributed by atoms with Crippen molar-refractivity contribution in [3.05, 3.63) is 66.2 Å². The zero-order chi connectivity index (χ0) is 19.2. The second-order valence-corrected chi connectivity index (χ2v) is 5.51. The molecule has 3 aromatic rings. The number of anilines is 1. The molecule has 0 aliphatic carbocycles. The van der Waals surface area contributed by atoms with E-state index in [-0.39, 0.29) is 12.3 Å². The molecule has 1 N–H and O–H groups in total. The largest absolute Gasteiger partial charge is 0.497 e. The summed E-state index contributed by atoms with van der Waals surface area (Å²) in [6, 6.07) is 13.6. The summed E-state index contributed by atoms with van der Waals surface area (Å²) in [7, 11) is 1.58. The molecule has 0 aliphatic heterocycles. The van der Waals surface area contributed by atoms with Gasteiger partial charge in [0.2, 0.25) is 0 Å². The molecule has 7 heteroatoms. The summed E-state index contributed by atoms with van der Waals surface area (Å²) in [5, 5.41) is 2.72. The predicted octanol–water partition coefficient (Wildman–Crippen LogP) is 3.78. The highest BCUT2D eigenvalue weighted by molar-refractivity contribution is 6.06. The van der Waals surface area contributed by atoms with Gasteiger partial charge in [-0.15, -0.1) is 0 Å². The van der Waals surface area contributed by atoms with Crippen LogP contribution >= 0.6 is 0 Å². The second kappa shape index (κ2) is 8.18. The first-order valence-corrected chi connectivity index (χ1v) is 8.28. The van der Waals surface area contributed by atoms with Gasteiger partial charge in [-0.25, -0.2) is 9.78 Å². The molecule has 138 valence electrons. The number of nitrogens with one attached hydrogen (secondary N) is 1. The van der Waals surface area contributed by atoms with Gasteiger partial charge in [0.05, 0.1) is 19.3 Å². The molecule has 0 aliphatic rings. The lowest BCUT2D eigenvalue weighted by Gasteiger charge is -2.07. The number of hydrogen-bond donors (Lipinski definition) is 1. The maximum atomic E-state index is 12.6. The number of carbonyl (C=O) groups excluding carboxylic acids is 2. The van der Waals surface area contributed by atoms with Crippen molar-refractivity contribution in [2.45, 2.75) is 6.92 Å². The second-order valence-electron chi connectivity index (χ2n) is 5.51. The minimum Gasteiger partial charge on any atom is -0.497 e. The Morgan fingerprint density at radius 1 is 1.15 bits per heavy atom. The Labute approximate surface area is 155 Å². The maximum absolute atomic E-state index is 12.6. The highest BCUT2D eigenvalue weighted by atomic mass is 16.5. The fraction of sp³-hybridized carbons (Fsp3) is 0.150. The van der Waals surface area contributed by atoms with E-state index in [1.807, 2.05) is 0 Å². The fourth-order valence-corrected chi connectivity index (χ4v) is 2.48. The molecule has 0 fully saturated rings. The van der Waals surface area contributed by atoms with E-state index in [4.69, 9.17) is 13.9 Å². The van der Waals surface area contributed by atoms with E-state index in [0.717, 1.165) is 0 Å². The number of methoxy groups -OCH3 is 1. The number of amides is 1. The molecule has 0 radical (unpaired) electrons. The number of aromatic nitrogens is 1. The molecule has 0 saturated carbocycles. The molecule has 0 spiro atoms. The van der Waals surface area contributed by atoms with E-state index >= 15 is 0 Å². The number of nitrogens with zero attached hydrogens (tertiary/aromatic N) is 1. The molecular weight excluding hydrogens is 348 g/mol. The lowest BCUT2D eigenvalue weighted by molar-refractivity contribution is 0.0526. The van der Waals surface area contributed by atoms with Gasteiger partial charge in [0.1, 0.15) is 5.75 Å². The highest BCUT2D eigenvalue weighted by Gasteiger charge is 2.19. The number of esters is 1. The minimum absolute atomic E-state index is 0.140. The molecule has 0 saturated heterocycles. The van der Waals surface area contributed by atoms with Gasteiger partial charge in [-0.05, 0) is 49.4 Å². The quantitative estimate of drug-likeness (QED) is 0.668. The highest BCUT2D eigenvalue weighted by Crippen LogP contribution is 2.26. The van der Waals surface area contributed by atoms with Gasteiger partial charge in [0.15, 0.2) is 17.8 Å². The van der Waals surface area contributed by atoms with Crippen molar-refractivity contribution >= 4 is 17.6 Å². The van der Waals surface area contributed by atoms with Gasteiger partial charge in [-0.1, -0.05) is 6.07 Å². The van der Waals surface area contributed by atoms with Gasteiger partial charge in [0.25, 0.3) is 5.91 Å². The van der Waals surface area contributed by atoms with Crippen LogP contribution in [0, 0.1) is 0 Å². The summed E-state index contributed by atoms with van der Waals surface area (Å²) < 4.78 is 15.5. The van der Waals surface area contributed by atoms with Crippen molar-refractivity contribution in [3.8, 4) is 17.1 Å². The van der Waals surface area contributed by atoms with Crippen LogP contribution < -0.4 is 10.1 Å². The van der Waals surface area contributed by atoms with E-state index in [2.05, 4.69) is 10.3 Å². The molecule has 0 unspecified atom stereocenters. The zero-order valence-corrected chi connectivity index (χ0v) is 14.9. The zero-order valence-electron chi connectivity index (χ0n) is 14.9. The van der Waals surface area contributed by atoms with E-state index in [0.29, 0.717) is 28.3 Å². The Morgan fingerprint density at radius 2 is 1.93 bits per heavy atom. The number of hydrogen-bond acceptors (Lipinski definition) is 6. The Balaban J connectivity index is 1.80. The van der Waals surface area contributed by atoms with Crippen molar-refractivity contribution in [1.29, 1.82) is 0 Å². The van der Waals surface area contributed by atoms with Crippen LogP contribution in [-0.2, 0) is 4.74 Å².